The Bertz CT molecular complexity index is 440. The maximum absolute atomic E-state index is 5.73. The van der Waals surface area contributed by atoms with E-state index < -0.39 is 0 Å². The van der Waals surface area contributed by atoms with E-state index in [1.54, 1.807) is 11.3 Å². The highest BCUT2D eigenvalue weighted by atomic mass is 32.1. The smallest absolute Gasteiger partial charge is 0.0937 e. The summed E-state index contributed by atoms with van der Waals surface area (Å²) < 4.78 is 0. The largest absolute Gasteiger partial charge is 0.399 e. The monoisotopic (exact) mass is 247 g/mol. The average Bonchev–Trinajstić information content (AvgIpc) is 2.82. The van der Waals surface area contributed by atoms with E-state index in [9.17, 15) is 0 Å². The molecule has 90 valence electrons. The highest BCUT2D eigenvalue weighted by Gasteiger charge is 1.96. The van der Waals surface area contributed by atoms with Gasteiger partial charge < -0.3 is 11.1 Å². The molecule has 0 aliphatic rings. The van der Waals surface area contributed by atoms with Crippen molar-refractivity contribution in [3.63, 3.8) is 0 Å². The number of nitrogens with two attached hydrogens (primary N) is 1. The standard InChI is InChI=1S/C13H17N3S/c14-12-3-1-2-11(10-12)4-6-15-7-5-13-16-8-9-17-13/h1-3,8-10,15H,4-7,14H2. The summed E-state index contributed by atoms with van der Waals surface area (Å²) in [6, 6.07) is 8.06. The van der Waals surface area contributed by atoms with Gasteiger partial charge in [0.2, 0.25) is 0 Å². The van der Waals surface area contributed by atoms with Crippen molar-refractivity contribution in [2.75, 3.05) is 18.8 Å². The third-order valence-electron chi connectivity index (χ3n) is 2.54. The zero-order valence-electron chi connectivity index (χ0n) is 9.73. The van der Waals surface area contributed by atoms with Crippen LogP contribution >= 0.6 is 11.3 Å². The number of thiazole rings is 1. The fourth-order valence-corrected chi connectivity index (χ4v) is 2.30. The lowest BCUT2D eigenvalue weighted by Gasteiger charge is -2.04. The van der Waals surface area contributed by atoms with Crippen molar-refractivity contribution < 1.29 is 0 Å². The first kappa shape index (κ1) is 12.1. The zero-order chi connectivity index (χ0) is 11.9. The van der Waals surface area contributed by atoms with E-state index in [-0.39, 0.29) is 0 Å². The molecule has 0 aliphatic carbocycles. The van der Waals surface area contributed by atoms with E-state index in [0.717, 1.165) is 31.6 Å². The third kappa shape index (κ3) is 4.17. The summed E-state index contributed by atoms with van der Waals surface area (Å²) in [5.74, 6) is 0. The molecule has 3 nitrogen and oxygen atoms in total. The molecule has 0 bridgehead atoms. The van der Waals surface area contributed by atoms with E-state index in [4.69, 9.17) is 5.73 Å². The van der Waals surface area contributed by atoms with E-state index >= 15 is 0 Å². The summed E-state index contributed by atoms with van der Waals surface area (Å²) >= 11 is 1.71. The molecule has 0 aliphatic heterocycles. The van der Waals surface area contributed by atoms with Crippen LogP contribution in [-0.4, -0.2) is 18.1 Å². The van der Waals surface area contributed by atoms with Crippen LogP contribution in [0.25, 0.3) is 0 Å². The summed E-state index contributed by atoms with van der Waals surface area (Å²) in [4.78, 5) is 4.25. The van der Waals surface area contributed by atoms with Crippen LogP contribution in [0.4, 0.5) is 5.69 Å². The van der Waals surface area contributed by atoms with Crippen molar-refractivity contribution in [2.24, 2.45) is 0 Å². The summed E-state index contributed by atoms with van der Waals surface area (Å²) in [7, 11) is 0. The number of nitrogens with zero attached hydrogens (tertiary/aromatic N) is 1. The van der Waals surface area contributed by atoms with Crippen LogP contribution in [0.1, 0.15) is 10.6 Å². The van der Waals surface area contributed by atoms with Crippen LogP contribution < -0.4 is 11.1 Å². The minimum absolute atomic E-state index is 0.838. The molecule has 4 heteroatoms. The van der Waals surface area contributed by atoms with Crippen LogP contribution in [-0.2, 0) is 12.8 Å². The summed E-state index contributed by atoms with van der Waals surface area (Å²) in [6.45, 7) is 1.96. The number of hydrogen-bond acceptors (Lipinski definition) is 4. The van der Waals surface area contributed by atoms with E-state index in [1.165, 1.54) is 10.6 Å². The van der Waals surface area contributed by atoms with Gasteiger partial charge in [-0.05, 0) is 30.7 Å². The molecule has 0 atom stereocenters. The number of aromatic nitrogens is 1. The molecule has 2 aromatic rings. The second-order valence-electron chi connectivity index (χ2n) is 3.92. The summed E-state index contributed by atoms with van der Waals surface area (Å²) in [6.07, 6.45) is 3.88. The fraction of sp³-hybridized carbons (Fsp3) is 0.308. The number of benzene rings is 1. The first-order chi connectivity index (χ1) is 8.34. The minimum Gasteiger partial charge on any atom is -0.399 e. The van der Waals surface area contributed by atoms with Crippen molar-refractivity contribution in [3.05, 3.63) is 46.4 Å². The summed E-state index contributed by atoms with van der Waals surface area (Å²) in [5, 5.41) is 6.63. The lowest BCUT2D eigenvalue weighted by molar-refractivity contribution is 0.680. The predicted molar refractivity (Wildman–Crippen MR) is 73.2 cm³/mol. The van der Waals surface area contributed by atoms with Crippen LogP contribution in [0, 0.1) is 0 Å². The first-order valence-electron chi connectivity index (χ1n) is 5.78. The highest BCUT2D eigenvalue weighted by molar-refractivity contribution is 7.09. The molecule has 0 unspecified atom stereocenters. The maximum atomic E-state index is 5.73. The lowest BCUT2D eigenvalue weighted by atomic mass is 10.1. The van der Waals surface area contributed by atoms with Crippen molar-refractivity contribution in [3.8, 4) is 0 Å². The Labute approximate surface area is 106 Å². The van der Waals surface area contributed by atoms with Crippen LogP contribution in [0.15, 0.2) is 35.8 Å². The molecule has 1 aromatic carbocycles. The number of nitrogen functional groups attached to an aromatic ring is 1. The van der Waals surface area contributed by atoms with E-state index in [2.05, 4.69) is 16.4 Å². The summed E-state index contributed by atoms with van der Waals surface area (Å²) in [5.41, 5.74) is 7.85. The topological polar surface area (TPSA) is 50.9 Å². The molecular formula is C13H17N3S. The van der Waals surface area contributed by atoms with Crippen LogP contribution in [0.2, 0.25) is 0 Å². The average molecular weight is 247 g/mol. The Kier molecular flexibility index (Phi) is 4.53. The van der Waals surface area contributed by atoms with Crippen molar-refractivity contribution in [1.82, 2.24) is 10.3 Å². The van der Waals surface area contributed by atoms with Gasteiger partial charge in [0.1, 0.15) is 0 Å². The number of hydrogen-bond donors (Lipinski definition) is 2. The molecule has 2 rings (SSSR count). The van der Waals surface area contributed by atoms with Gasteiger partial charge in [0.15, 0.2) is 0 Å². The van der Waals surface area contributed by atoms with Gasteiger partial charge in [-0.1, -0.05) is 12.1 Å². The predicted octanol–water partition coefficient (Wildman–Crippen LogP) is 2.10. The Hall–Kier alpha value is -1.39. The number of anilines is 1. The highest BCUT2D eigenvalue weighted by Crippen LogP contribution is 2.06. The third-order valence-corrected chi connectivity index (χ3v) is 3.38. The van der Waals surface area contributed by atoms with Gasteiger partial charge in [-0.25, -0.2) is 4.98 Å². The molecule has 17 heavy (non-hydrogen) atoms. The van der Waals surface area contributed by atoms with Gasteiger partial charge in [-0.3, -0.25) is 0 Å². The molecule has 0 saturated heterocycles. The molecule has 3 N–H and O–H groups in total. The van der Waals surface area contributed by atoms with Crippen molar-refractivity contribution >= 4 is 17.0 Å². The number of rotatable bonds is 6. The SMILES string of the molecule is Nc1cccc(CCNCCc2nccs2)c1. The maximum Gasteiger partial charge on any atom is 0.0937 e. The molecule has 0 radical (unpaired) electrons. The van der Waals surface area contributed by atoms with Gasteiger partial charge in [0, 0.05) is 30.2 Å². The van der Waals surface area contributed by atoms with Gasteiger partial charge in [-0.15, -0.1) is 11.3 Å². The molecule has 0 amide bonds. The Balaban J connectivity index is 1.63. The van der Waals surface area contributed by atoms with Gasteiger partial charge >= 0.3 is 0 Å². The van der Waals surface area contributed by atoms with Crippen molar-refractivity contribution in [1.29, 1.82) is 0 Å². The van der Waals surface area contributed by atoms with Crippen molar-refractivity contribution in [2.45, 2.75) is 12.8 Å². The quantitative estimate of drug-likeness (QED) is 0.607. The van der Waals surface area contributed by atoms with E-state index in [1.807, 2.05) is 29.8 Å². The molecule has 0 spiro atoms. The normalized spacial score (nSPS) is 10.6. The van der Waals surface area contributed by atoms with Gasteiger partial charge in [0.25, 0.3) is 0 Å². The minimum atomic E-state index is 0.838. The molecular weight excluding hydrogens is 230 g/mol. The Morgan fingerprint density at radius 2 is 2.12 bits per heavy atom. The zero-order valence-corrected chi connectivity index (χ0v) is 10.5. The fourth-order valence-electron chi connectivity index (χ4n) is 1.68. The molecule has 0 fully saturated rings. The second-order valence-corrected chi connectivity index (χ2v) is 4.90. The van der Waals surface area contributed by atoms with Gasteiger partial charge in [-0.2, -0.15) is 0 Å². The first-order valence-corrected chi connectivity index (χ1v) is 6.66. The lowest BCUT2D eigenvalue weighted by Crippen LogP contribution is -2.20. The second kappa shape index (κ2) is 6.37. The Morgan fingerprint density at radius 3 is 2.88 bits per heavy atom. The van der Waals surface area contributed by atoms with E-state index in [0.29, 0.717) is 0 Å². The molecule has 0 saturated carbocycles. The van der Waals surface area contributed by atoms with Gasteiger partial charge in [0.05, 0.1) is 5.01 Å². The molecule has 1 heterocycles. The Morgan fingerprint density at radius 1 is 1.24 bits per heavy atom. The number of nitrogens with one attached hydrogen (secondary N) is 1. The van der Waals surface area contributed by atoms with Crippen LogP contribution in [0.5, 0.6) is 0 Å². The van der Waals surface area contributed by atoms with Crippen LogP contribution in [0.3, 0.4) is 0 Å². The molecule has 1 aromatic heterocycles.